The number of carbonyl (C=O) groups is 1. The molecule has 5 heteroatoms. The maximum atomic E-state index is 13.4. The number of nitrogens with zero attached hydrogens (tertiary/aromatic N) is 1. The van der Waals surface area contributed by atoms with Crippen LogP contribution in [-0.4, -0.2) is 25.0 Å². The van der Waals surface area contributed by atoms with Crippen LogP contribution in [0, 0.1) is 9.39 Å². The summed E-state index contributed by atoms with van der Waals surface area (Å²) in [5.41, 5.74) is 1.55. The summed E-state index contributed by atoms with van der Waals surface area (Å²) in [5.74, 6) is -0.278. The Morgan fingerprint density at radius 3 is 2.74 bits per heavy atom. The van der Waals surface area contributed by atoms with E-state index in [1.54, 1.807) is 12.1 Å². The number of anilines is 1. The van der Waals surface area contributed by atoms with Gasteiger partial charge in [-0.2, -0.15) is 0 Å². The summed E-state index contributed by atoms with van der Waals surface area (Å²) >= 11 is 2.22. The molecule has 0 spiro atoms. The average molecular weight is 424 g/mol. The van der Waals surface area contributed by atoms with Crippen LogP contribution in [0.3, 0.4) is 0 Å². The maximum Gasteiger partial charge on any atom is 0.251 e. The van der Waals surface area contributed by atoms with Gasteiger partial charge in [0.05, 0.1) is 0 Å². The van der Waals surface area contributed by atoms with Gasteiger partial charge in [-0.15, -0.1) is 0 Å². The molecular formula is C18H18FIN2O. The predicted octanol–water partition coefficient (Wildman–Crippen LogP) is 3.83. The fourth-order valence-electron chi connectivity index (χ4n) is 2.87. The first-order valence-corrected chi connectivity index (χ1v) is 8.76. The van der Waals surface area contributed by atoms with Gasteiger partial charge in [-0.1, -0.05) is 6.07 Å². The van der Waals surface area contributed by atoms with E-state index in [0.717, 1.165) is 28.6 Å². The standard InChI is InChI=1S/C18H18FIN2O/c19-14-3-1-5-17(11-14)22-10-2-4-16(12-22)21-18(23)13-6-8-15(20)9-7-13/h1,3,5-9,11,16H,2,4,10,12H2,(H,21,23). The van der Waals surface area contributed by atoms with Crippen LogP contribution in [0.4, 0.5) is 10.1 Å². The number of carbonyl (C=O) groups excluding carboxylic acids is 1. The summed E-state index contributed by atoms with van der Waals surface area (Å²) in [6.07, 6.45) is 1.93. The zero-order valence-electron chi connectivity index (χ0n) is 12.6. The molecule has 1 atom stereocenters. The van der Waals surface area contributed by atoms with Gasteiger partial charge in [-0.25, -0.2) is 4.39 Å². The Bertz CT molecular complexity index is 690. The number of rotatable bonds is 3. The molecular weight excluding hydrogens is 406 g/mol. The topological polar surface area (TPSA) is 32.3 Å². The van der Waals surface area contributed by atoms with Gasteiger partial charge in [0.2, 0.25) is 0 Å². The van der Waals surface area contributed by atoms with Crippen LogP contribution >= 0.6 is 22.6 Å². The molecule has 1 fully saturated rings. The van der Waals surface area contributed by atoms with Gasteiger partial charge in [0.15, 0.2) is 0 Å². The first-order chi connectivity index (χ1) is 11.1. The quantitative estimate of drug-likeness (QED) is 0.760. The van der Waals surface area contributed by atoms with Gasteiger partial charge < -0.3 is 10.2 Å². The Morgan fingerprint density at radius 1 is 1.22 bits per heavy atom. The average Bonchev–Trinajstić information content (AvgIpc) is 2.56. The second-order valence-electron chi connectivity index (χ2n) is 5.75. The number of nitrogens with one attached hydrogen (secondary N) is 1. The molecule has 120 valence electrons. The van der Waals surface area contributed by atoms with E-state index in [9.17, 15) is 9.18 Å². The van der Waals surface area contributed by atoms with Crippen molar-refractivity contribution in [3.8, 4) is 0 Å². The Morgan fingerprint density at radius 2 is 2.00 bits per heavy atom. The van der Waals surface area contributed by atoms with Crippen LogP contribution in [0.1, 0.15) is 23.2 Å². The van der Waals surface area contributed by atoms with Crippen molar-refractivity contribution in [3.05, 3.63) is 63.5 Å². The summed E-state index contributed by atoms with van der Waals surface area (Å²) in [4.78, 5) is 14.5. The molecule has 0 saturated carbocycles. The number of hydrogen-bond acceptors (Lipinski definition) is 2. The number of amides is 1. The van der Waals surface area contributed by atoms with Crippen LogP contribution < -0.4 is 10.2 Å². The van der Waals surface area contributed by atoms with Crippen LogP contribution in [0.5, 0.6) is 0 Å². The van der Waals surface area contributed by atoms with Crippen molar-refractivity contribution >= 4 is 34.2 Å². The summed E-state index contributed by atoms with van der Waals surface area (Å²) in [7, 11) is 0. The van der Waals surface area contributed by atoms with Gasteiger partial charge in [-0.05, 0) is 77.9 Å². The number of benzene rings is 2. The molecule has 1 N–H and O–H groups in total. The Labute approximate surface area is 149 Å². The van der Waals surface area contributed by atoms with Crippen molar-refractivity contribution in [1.29, 1.82) is 0 Å². The summed E-state index contributed by atoms with van der Waals surface area (Å²) in [6.45, 7) is 1.60. The normalized spacial score (nSPS) is 17.8. The van der Waals surface area contributed by atoms with E-state index in [1.165, 1.54) is 6.07 Å². The number of piperidine rings is 1. The minimum Gasteiger partial charge on any atom is -0.369 e. The van der Waals surface area contributed by atoms with Crippen molar-refractivity contribution in [2.45, 2.75) is 18.9 Å². The van der Waals surface area contributed by atoms with E-state index < -0.39 is 0 Å². The van der Waals surface area contributed by atoms with E-state index in [0.29, 0.717) is 12.1 Å². The predicted molar refractivity (Wildman–Crippen MR) is 98.3 cm³/mol. The molecule has 1 heterocycles. The molecule has 1 aliphatic rings. The highest BCUT2D eigenvalue weighted by molar-refractivity contribution is 14.1. The van der Waals surface area contributed by atoms with Gasteiger partial charge in [0, 0.05) is 34.0 Å². The van der Waals surface area contributed by atoms with E-state index in [2.05, 4.69) is 32.8 Å². The Kier molecular flexibility index (Phi) is 5.15. The zero-order chi connectivity index (χ0) is 16.2. The second kappa shape index (κ2) is 7.29. The van der Waals surface area contributed by atoms with E-state index in [4.69, 9.17) is 0 Å². The number of halogens is 2. The summed E-state index contributed by atoms with van der Waals surface area (Å²) in [6, 6.07) is 14.2. The van der Waals surface area contributed by atoms with E-state index in [-0.39, 0.29) is 17.8 Å². The first-order valence-electron chi connectivity index (χ1n) is 7.69. The molecule has 1 amide bonds. The number of hydrogen-bond donors (Lipinski definition) is 1. The third-order valence-electron chi connectivity index (χ3n) is 4.04. The third-order valence-corrected chi connectivity index (χ3v) is 4.76. The fraction of sp³-hybridized carbons (Fsp3) is 0.278. The second-order valence-corrected chi connectivity index (χ2v) is 6.99. The van der Waals surface area contributed by atoms with Gasteiger partial charge >= 0.3 is 0 Å². The van der Waals surface area contributed by atoms with Gasteiger partial charge in [0.25, 0.3) is 5.91 Å². The lowest BCUT2D eigenvalue weighted by atomic mass is 10.0. The van der Waals surface area contributed by atoms with Crippen molar-refractivity contribution in [2.24, 2.45) is 0 Å². The highest BCUT2D eigenvalue weighted by Crippen LogP contribution is 2.21. The molecule has 2 aromatic rings. The van der Waals surface area contributed by atoms with Crippen LogP contribution in [0.25, 0.3) is 0 Å². The molecule has 0 bridgehead atoms. The lowest BCUT2D eigenvalue weighted by Crippen LogP contribution is -2.47. The molecule has 23 heavy (non-hydrogen) atoms. The highest BCUT2D eigenvalue weighted by atomic mass is 127. The van der Waals surface area contributed by atoms with Gasteiger partial charge in [0.1, 0.15) is 5.82 Å². The molecule has 1 saturated heterocycles. The van der Waals surface area contributed by atoms with Crippen LogP contribution in [0.15, 0.2) is 48.5 Å². The van der Waals surface area contributed by atoms with E-state index in [1.807, 2.05) is 30.3 Å². The van der Waals surface area contributed by atoms with Gasteiger partial charge in [-0.3, -0.25) is 4.79 Å². The monoisotopic (exact) mass is 424 g/mol. The Balaban J connectivity index is 1.64. The zero-order valence-corrected chi connectivity index (χ0v) is 14.8. The smallest absolute Gasteiger partial charge is 0.251 e. The molecule has 2 aromatic carbocycles. The van der Waals surface area contributed by atoms with Crippen LogP contribution in [-0.2, 0) is 0 Å². The van der Waals surface area contributed by atoms with E-state index >= 15 is 0 Å². The SMILES string of the molecule is O=C(NC1CCCN(c2cccc(F)c2)C1)c1ccc(I)cc1. The fourth-order valence-corrected chi connectivity index (χ4v) is 3.23. The minimum atomic E-state index is -0.229. The lowest BCUT2D eigenvalue weighted by Gasteiger charge is -2.34. The highest BCUT2D eigenvalue weighted by Gasteiger charge is 2.22. The van der Waals surface area contributed by atoms with Crippen molar-refractivity contribution in [3.63, 3.8) is 0 Å². The molecule has 1 unspecified atom stereocenters. The minimum absolute atomic E-state index is 0.0486. The third kappa shape index (κ3) is 4.22. The molecule has 3 nitrogen and oxygen atoms in total. The van der Waals surface area contributed by atoms with Crippen molar-refractivity contribution in [2.75, 3.05) is 18.0 Å². The van der Waals surface area contributed by atoms with Crippen LogP contribution in [0.2, 0.25) is 0 Å². The van der Waals surface area contributed by atoms with Crippen molar-refractivity contribution < 1.29 is 9.18 Å². The summed E-state index contributed by atoms with van der Waals surface area (Å²) < 4.78 is 14.5. The molecule has 3 rings (SSSR count). The van der Waals surface area contributed by atoms with Crippen molar-refractivity contribution in [1.82, 2.24) is 5.32 Å². The molecule has 1 aliphatic heterocycles. The first kappa shape index (κ1) is 16.2. The largest absolute Gasteiger partial charge is 0.369 e. The molecule has 0 radical (unpaired) electrons. The Hall–Kier alpha value is -1.63. The summed E-state index contributed by atoms with van der Waals surface area (Å²) in [5, 5.41) is 3.09. The lowest BCUT2D eigenvalue weighted by molar-refractivity contribution is 0.0933. The maximum absolute atomic E-state index is 13.4. The molecule has 0 aliphatic carbocycles. The molecule has 0 aromatic heterocycles.